The van der Waals surface area contributed by atoms with Gasteiger partial charge in [0.1, 0.15) is 11.9 Å². The smallest absolute Gasteiger partial charge is 0.249 e. The molecule has 26 heavy (non-hydrogen) atoms. The lowest BCUT2D eigenvalue weighted by molar-refractivity contribution is -0.130. The molecule has 5 nitrogen and oxygen atoms in total. The number of hydrogen-bond donors (Lipinski definition) is 1. The number of para-hydroxylation sites is 2. The quantitative estimate of drug-likeness (QED) is 0.768. The molecular formula is C21H23N3O2. The van der Waals surface area contributed by atoms with Crippen molar-refractivity contribution in [3.63, 3.8) is 0 Å². The van der Waals surface area contributed by atoms with Crippen molar-refractivity contribution in [2.75, 3.05) is 6.61 Å². The predicted molar refractivity (Wildman–Crippen MR) is 101 cm³/mol. The van der Waals surface area contributed by atoms with Crippen LogP contribution in [0.5, 0.6) is 0 Å². The van der Waals surface area contributed by atoms with E-state index in [-0.39, 0.29) is 18.1 Å². The number of nitrogens with zero attached hydrogens (tertiary/aromatic N) is 2. The molecule has 0 bridgehead atoms. The van der Waals surface area contributed by atoms with E-state index in [1.807, 2.05) is 43.3 Å². The number of amides is 1. The van der Waals surface area contributed by atoms with Crippen molar-refractivity contribution in [1.82, 2.24) is 14.9 Å². The minimum absolute atomic E-state index is 0.0479. The van der Waals surface area contributed by atoms with Gasteiger partial charge in [0, 0.05) is 13.2 Å². The van der Waals surface area contributed by atoms with Gasteiger partial charge in [0.25, 0.3) is 0 Å². The summed E-state index contributed by atoms with van der Waals surface area (Å²) in [5.74, 6) is 0.815. The summed E-state index contributed by atoms with van der Waals surface area (Å²) in [6.07, 6.45) is 1.40. The fraction of sp³-hybridized carbons (Fsp3) is 0.333. The van der Waals surface area contributed by atoms with Gasteiger partial charge in [0.05, 0.1) is 17.1 Å². The lowest BCUT2D eigenvalue weighted by atomic mass is 10.2. The molecule has 1 aliphatic heterocycles. The number of carbonyl (C=O) groups excluding carboxylic acids is 1. The summed E-state index contributed by atoms with van der Waals surface area (Å²) in [6, 6.07) is 18.2. The van der Waals surface area contributed by atoms with Crippen molar-refractivity contribution in [3.05, 3.63) is 66.0 Å². The van der Waals surface area contributed by atoms with E-state index in [0.717, 1.165) is 36.2 Å². The minimum Gasteiger partial charge on any atom is -0.368 e. The summed E-state index contributed by atoms with van der Waals surface area (Å²) < 4.78 is 7.68. The van der Waals surface area contributed by atoms with Crippen molar-refractivity contribution < 1.29 is 9.53 Å². The van der Waals surface area contributed by atoms with Gasteiger partial charge in [-0.15, -0.1) is 0 Å². The van der Waals surface area contributed by atoms with Gasteiger partial charge < -0.3 is 14.6 Å². The second-order valence-electron chi connectivity index (χ2n) is 6.76. The maximum atomic E-state index is 12.4. The van der Waals surface area contributed by atoms with E-state index in [1.165, 1.54) is 5.56 Å². The first kappa shape index (κ1) is 16.8. The summed E-state index contributed by atoms with van der Waals surface area (Å²) in [4.78, 5) is 17.2. The zero-order chi connectivity index (χ0) is 17.9. The van der Waals surface area contributed by atoms with Crippen LogP contribution >= 0.6 is 0 Å². The fourth-order valence-corrected chi connectivity index (χ4v) is 3.51. The Hall–Kier alpha value is -2.66. The summed E-state index contributed by atoms with van der Waals surface area (Å²) in [5, 5.41) is 3.08. The molecule has 1 aliphatic rings. The van der Waals surface area contributed by atoms with Gasteiger partial charge in [0.15, 0.2) is 0 Å². The molecular weight excluding hydrogens is 326 g/mol. The van der Waals surface area contributed by atoms with E-state index in [0.29, 0.717) is 6.61 Å². The molecule has 1 saturated heterocycles. The monoisotopic (exact) mass is 349 g/mol. The van der Waals surface area contributed by atoms with Gasteiger partial charge in [-0.2, -0.15) is 0 Å². The highest BCUT2D eigenvalue weighted by atomic mass is 16.5. The van der Waals surface area contributed by atoms with Crippen LogP contribution in [0.15, 0.2) is 54.6 Å². The van der Waals surface area contributed by atoms with Crippen LogP contribution in [0.1, 0.15) is 37.2 Å². The Bertz CT molecular complexity index is 898. The molecule has 0 aliphatic carbocycles. The average Bonchev–Trinajstić information content (AvgIpc) is 3.31. The molecule has 2 heterocycles. The minimum atomic E-state index is -0.329. The van der Waals surface area contributed by atoms with Gasteiger partial charge in [-0.25, -0.2) is 4.98 Å². The maximum Gasteiger partial charge on any atom is 0.249 e. The first-order valence-electron chi connectivity index (χ1n) is 9.13. The molecule has 5 heteroatoms. The van der Waals surface area contributed by atoms with E-state index in [1.54, 1.807) is 0 Å². The average molecular weight is 349 g/mol. The van der Waals surface area contributed by atoms with Gasteiger partial charge in [-0.3, -0.25) is 4.79 Å². The highest BCUT2D eigenvalue weighted by Gasteiger charge is 2.26. The number of imidazole rings is 1. The number of fused-ring (bicyclic) bond motifs is 1. The SMILES string of the molecule is CC(NC(=O)C1CCCO1)c1nc2ccccc2n1Cc1ccccc1. The number of ether oxygens (including phenoxy) is 1. The molecule has 134 valence electrons. The fourth-order valence-electron chi connectivity index (χ4n) is 3.51. The number of hydrogen-bond acceptors (Lipinski definition) is 3. The molecule has 2 aromatic carbocycles. The second kappa shape index (κ2) is 7.30. The molecule has 1 aromatic heterocycles. The van der Waals surface area contributed by atoms with E-state index < -0.39 is 0 Å². The van der Waals surface area contributed by atoms with Crippen LogP contribution in [0.4, 0.5) is 0 Å². The third kappa shape index (κ3) is 3.35. The summed E-state index contributed by atoms with van der Waals surface area (Å²) in [5.41, 5.74) is 3.22. The number of benzene rings is 2. The Morgan fingerprint density at radius 2 is 2.00 bits per heavy atom. The highest BCUT2D eigenvalue weighted by Crippen LogP contribution is 2.23. The normalized spacial score (nSPS) is 18.1. The Kier molecular flexibility index (Phi) is 4.71. The van der Waals surface area contributed by atoms with E-state index in [4.69, 9.17) is 9.72 Å². The van der Waals surface area contributed by atoms with Crippen LogP contribution in [0.2, 0.25) is 0 Å². The van der Waals surface area contributed by atoms with Crippen molar-refractivity contribution >= 4 is 16.9 Å². The molecule has 1 amide bonds. The topological polar surface area (TPSA) is 56.1 Å². The van der Waals surface area contributed by atoms with Crippen LogP contribution in [0.25, 0.3) is 11.0 Å². The lowest BCUT2D eigenvalue weighted by Gasteiger charge is -2.18. The van der Waals surface area contributed by atoms with Gasteiger partial charge >= 0.3 is 0 Å². The summed E-state index contributed by atoms with van der Waals surface area (Å²) in [6.45, 7) is 3.37. The molecule has 0 radical (unpaired) electrons. The Morgan fingerprint density at radius 3 is 2.77 bits per heavy atom. The molecule has 0 saturated carbocycles. The van der Waals surface area contributed by atoms with Crippen molar-refractivity contribution in [3.8, 4) is 0 Å². The molecule has 1 N–H and O–H groups in total. The molecule has 2 atom stereocenters. The third-order valence-electron chi connectivity index (χ3n) is 4.84. The second-order valence-corrected chi connectivity index (χ2v) is 6.76. The van der Waals surface area contributed by atoms with Crippen molar-refractivity contribution in [1.29, 1.82) is 0 Å². The van der Waals surface area contributed by atoms with E-state index in [9.17, 15) is 4.79 Å². The third-order valence-corrected chi connectivity index (χ3v) is 4.84. The van der Waals surface area contributed by atoms with Crippen LogP contribution in [-0.2, 0) is 16.1 Å². The number of carbonyl (C=O) groups is 1. The van der Waals surface area contributed by atoms with Crippen molar-refractivity contribution in [2.45, 2.75) is 38.5 Å². The maximum absolute atomic E-state index is 12.4. The van der Waals surface area contributed by atoms with Gasteiger partial charge in [-0.05, 0) is 37.5 Å². The highest BCUT2D eigenvalue weighted by molar-refractivity contribution is 5.81. The molecule has 4 rings (SSSR count). The molecule has 2 unspecified atom stereocenters. The summed E-state index contributed by atoms with van der Waals surface area (Å²) in [7, 11) is 0. The van der Waals surface area contributed by atoms with Crippen LogP contribution in [-0.4, -0.2) is 28.2 Å². The van der Waals surface area contributed by atoms with Crippen molar-refractivity contribution in [2.24, 2.45) is 0 Å². The molecule has 3 aromatic rings. The van der Waals surface area contributed by atoms with Crippen LogP contribution in [0.3, 0.4) is 0 Å². The Labute approximate surface area is 153 Å². The van der Waals surface area contributed by atoms with Crippen LogP contribution in [0, 0.1) is 0 Å². The first-order valence-corrected chi connectivity index (χ1v) is 9.13. The largest absolute Gasteiger partial charge is 0.368 e. The number of nitrogens with one attached hydrogen (secondary N) is 1. The standard InChI is InChI=1S/C21H23N3O2/c1-15(22-21(25)19-12-7-13-26-19)20-23-17-10-5-6-11-18(17)24(20)14-16-8-3-2-4-9-16/h2-6,8-11,15,19H,7,12-14H2,1H3,(H,22,25). The number of rotatable bonds is 5. The molecule has 1 fully saturated rings. The van der Waals surface area contributed by atoms with Crippen LogP contribution < -0.4 is 5.32 Å². The zero-order valence-electron chi connectivity index (χ0n) is 14.9. The lowest BCUT2D eigenvalue weighted by Crippen LogP contribution is -2.36. The molecule has 0 spiro atoms. The van der Waals surface area contributed by atoms with E-state index in [2.05, 4.69) is 28.1 Å². The number of aromatic nitrogens is 2. The predicted octanol–water partition coefficient (Wildman–Crippen LogP) is 3.44. The Morgan fingerprint density at radius 1 is 1.23 bits per heavy atom. The summed E-state index contributed by atoms with van der Waals surface area (Å²) >= 11 is 0. The van der Waals surface area contributed by atoms with Gasteiger partial charge in [-0.1, -0.05) is 42.5 Å². The van der Waals surface area contributed by atoms with E-state index >= 15 is 0 Å². The Balaban J connectivity index is 1.64. The first-order chi connectivity index (χ1) is 12.7. The van der Waals surface area contributed by atoms with Gasteiger partial charge in [0.2, 0.25) is 5.91 Å². The zero-order valence-corrected chi connectivity index (χ0v) is 14.9.